The summed E-state index contributed by atoms with van der Waals surface area (Å²) in [4.78, 5) is 0. The number of hydrazine groups is 1. The lowest BCUT2D eigenvalue weighted by atomic mass is 10.2. The SMILES string of the molecule is Cn1nncc1C(COc1cccc(Cl)c1)NN. The van der Waals surface area contributed by atoms with Crippen molar-refractivity contribution >= 4 is 11.6 Å². The number of halogens is 1. The van der Waals surface area contributed by atoms with Gasteiger partial charge in [-0.05, 0) is 18.2 Å². The van der Waals surface area contributed by atoms with Crippen LogP contribution >= 0.6 is 11.6 Å². The predicted molar refractivity (Wildman–Crippen MR) is 68.0 cm³/mol. The van der Waals surface area contributed by atoms with Crippen molar-refractivity contribution < 1.29 is 4.74 Å². The monoisotopic (exact) mass is 267 g/mol. The third-order valence-corrected chi connectivity index (χ3v) is 2.76. The minimum absolute atomic E-state index is 0.191. The van der Waals surface area contributed by atoms with E-state index in [1.165, 1.54) is 0 Å². The summed E-state index contributed by atoms with van der Waals surface area (Å²) in [6.45, 7) is 0.359. The number of hydrogen-bond donors (Lipinski definition) is 2. The maximum absolute atomic E-state index is 5.87. The van der Waals surface area contributed by atoms with Crippen molar-refractivity contribution in [1.82, 2.24) is 20.4 Å². The molecule has 2 aromatic rings. The van der Waals surface area contributed by atoms with Gasteiger partial charge in [0.1, 0.15) is 12.4 Å². The molecule has 0 aliphatic heterocycles. The number of ether oxygens (including phenoxy) is 1. The summed E-state index contributed by atoms with van der Waals surface area (Å²) in [6, 6.07) is 7.01. The molecule has 96 valence electrons. The topological polar surface area (TPSA) is 78.0 Å². The van der Waals surface area contributed by atoms with Gasteiger partial charge in [-0.15, -0.1) is 5.10 Å². The van der Waals surface area contributed by atoms with Crippen LogP contribution < -0.4 is 16.0 Å². The van der Waals surface area contributed by atoms with Gasteiger partial charge in [-0.25, -0.2) is 5.43 Å². The van der Waals surface area contributed by atoms with Gasteiger partial charge >= 0.3 is 0 Å². The van der Waals surface area contributed by atoms with Crippen LogP contribution in [0.5, 0.6) is 5.75 Å². The van der Waals surface area contributed by atoms with Crippen LogP contribution in [0.2, 0.25) is 5.02 Å². The predicted octanol–water partition coefficient (Wildman–Crippen LogP) is 1.05. The third kappa shape index (κ3) is 2.98. The third-order valence-electron chi connectivity index (χ3n) is 2.52. The largest absolute Gasteiger partial charge is 0.491 e. The molecule has 18 heavy (non-hydrogen) atoms. The Morgan fingerprint density at radius 1 is 1.56 bits per heavy atom. The Morgan fingerprint density at radius 3 is 3.00 bits per heavy atom. The van der Waals surface area contributed by atoms with Crippen LogP contribution in [0.25, 0.3) is 0 Å². The molecule has 1 unspecified atom stereocenters. The average molecular weight is 268 g/mol. The molecule has 0 fully saturated rings. The fourth-order valence-electron chi connectivity index (χ4n) is 1.57. The molecule has 0 saturated carbocycles. The van der Waals surface area contributed by atoms with Crippen molar-refractivity contribution in [2.45, 2.75) is 6.04 Å². The van der Waals surface area contributed by atoms with Gasteiger partial charge in [-0.3, -0.25) is 10.5 Å². The number of benzene rings is 1. The van der Waals surface area contributed by atoms with Gasteiger partial charge in [-0.2, -0.15) is 0 Å². The number of nitrogens with zero attached hydrogens (tertiary/aromatic N) is 3. The van der Waals surface area contributed by atoms with Crippen molar-refractivity contribution in [2.24, 2.45) is 12.9 Å². The quantitative estimate of drug-likeness (QED) is 0.625. The van der Waals surface area contributed by atoms with Crippen molar-refractivity contribution in [1.29, 1.82) is 0 Å². The fraction of sp³-hybridized carbons (Fsp3) is 0.273. The van der Waals surface area contributed by atoms with Crippen LogP contribution in [-0.2, 0) is 7.05 Å². The molecule has 1 aromatic heterocycles. The summed E-state index contributed by atoms with van der Waals surface area (Å²) >= 11 is 5.87. The van der Waals surface area contributed by atoms with Crippen LogP contribution in [-0.4, -0.2) is 21.6 Å². The number of aromatic nitrogens is 3. The first-order valence-corrected chi connectivity index (χ1v) is 5.77. The molecule has 0 saturated heterocycles. The van der Waals surface area contributed by atoms with E-state index in [1.54, 1.807) is 30.1 Å². The Hall–Kier alpha value is -1.63. The molecule has 0 spiro atoms. The van der Waals surface area contributed by atoms with Crippen LogP contribution in [0.1, 0.15) is 11.7 Å². The molecule has 1 heterocycles. The molecule has 2 rings (SSSR count). The van der Waals surface area contributed by atoms with E-state index in [1.807, 2.05) is 12.1 Å². The van der Waals surface area contributed by atoms with Gasteiger partial charge in [0.25, 0.3) is 0 Å². The van der Waals surface area contributed by atoms with E-state index < -0.39 is 0 Å². The molecular weight excluding hydrogens is 254 g/mol. The Balaban J connectivity index is 2.02. The first-order chi connectivity index (χ1) is 8.70. The summed E-state index contributed by atoms with van der Waals surface area (Å²) in [6.07, 6.45) is 1.64. The van der Waals surface area contributed by atoms with Gasteiger partial charge in [-0.1, -0.05) is 22.9 Å². The maximum Gasteiger partial charge on any atom is 0.120 e. The first kappa shape index (κ1) is 12.8. The Bertz CT molecular complexity index is 516. The highest BCUT2D eigenvalue weighted by Crippen LogP contribution is 2.19. The molecule has 0 aliphatic carbocycles. The minimum Gasteiger partial charge on any atom is -0.491 e. The summed E-state index contributed by atoms with van der Waals surface area (Å²) in [5.41, 5.74) is 3.52. The number of nitrogens with one attached hydrogen (secondary N) is 1. The highest BCUT2D eigenvalue weighted by atomic mass is 35.5. The molecule has 7 heteroatoms. The zero-order valence-corrected chi connectivity index (χ0v) is 10.6. The van der Waals surface area contributed by atoms with E-state index in [2.05, 4.69) is 15.7 Å². The second kappa shape index (κ2) is 5.81. The molecule has 0 amide bonds. The summed E-state index contributed by atoms with van der Waals surface area (Å²) in [5.74, 6) is 6.19. The zero-order valence-electron chi connectivity index (χ0n) is 9.88. The standard InChI is InChI=1S/C11H14ClN5O/c1-17-11(6-14-16-17)10(15-13)7-18-9-4-2-3-8(12)5-9/h2-6,10,15H,7,13H2,1H3. The van der Waals surface area contributed by atoms with Crippen molar-refractivity contribution in [2.75, 3.05) is 6.61 Å². The van der Waals surface area contributed by atoms with E-state index in [4.69, 9.17) is 22.2 Å². The van der Waals surface area contributed by atoms with Gasteiger partial charge in [0, 0.05) is 12.1 Å². The van der Waals surface area contributed by atoms with Gasteiger partial charge in [0.15, 0.2) is 0 Å². The molecule has 0 aliphatic rings. The number of hydrogen-bond acceptors (Lipinski definition) is 5. The van der Waals surface area contributed by atoms with Crippen LogP contribution in [0.15, 0.2) is 30.5 Å². The van der Waals surface area contributed by atoms with Crippen LogP contribution in [0.4, 0.5) is 0 Å². The van der Waals surface area contributed by atoms with Crippen LogP contribution in [0.3, 0.4) is 0 Å². The highest BCUT2D eigenvalue weighted by Gasteiger charge is 2.15. The number of nitrogens with two attached hydrogens (primary N) is 1. The smallest absolute Gasteiger partial charge is 0.120 e. The maximum atomic E-state index is 5.87. The highest BCUT2D eigenvalue weighted by molar-refractivity contribution is 6.30. The summed E-state index contributed by atoms with van der Waals surface area (Å²) < 4.78 is 7.27. The Kier molecular flexibility index (Phi) is 4.14. The van der Waals surface area contributed by atoms with Crippen molar-refractivity contribution in [3.63, 3.8) is 0 Å². The molecule has 0 bridgehead atoms. The number of aryl methyl sites for hydroxylation is 1. The zero-order chi connectivity index (χ0) is 13.0. The summed E-state index contributed by atoms with van der Waals surface area (Å²) in [7, 11) is 1.80. The van der Waals surface area contributed by atoms with Gasteiger partial charge < -0.3 is 4.74 Å². The van der Waals surface area contributed by atoms with E-state index in [0.29, 0.717) is 17.4 Å². The summed E-state index contributed by atoms with van der Waals surface area (Å²) in [5, 5.41) is 8.28. The normalized spacial score (nSPS) is 12.4. The van der Waals surface area contributed by atoms with Gasteiger partial charge in [0.2, 0.25) is 0 Å². The molecule has 0 radical (unpaired) electrons. The Labute approximate surface area is 110 Å². The van der Waals surface area contributed by atoms with E-state index in [0.717, 1.165) is 5.69 Å². The molecule has 1 atom stereocenters. The van der Waals surface area contributed by atoms with E-state index >= 15 is 0 Å². The molecule has 6 nitrogen and oxygen atoms in total. The average Bonchev–Trinajstić information content (AvgIpc) is 2.77. The lowest BCUT2D eigenvalue weighted by molar-refractivity contribution is 0.261. The molecule has 3 N–H and O–H groups in total. The van der Waals surface area contributed by atoms with Gasteiger partial charge in [0.05, 0.1) is 17.9 Å². The lowest BCUT2D eigenvalue weighted by Crippen LogP contribution is -2.33. The van der Waals surface area contributed by atoms with Crippen molar-refractivity contribution in [3.8, 4) is 5.75 Å². The van der Waals surface area contributed by atoms with E-state index in [9.17, 15) is 0 Å². The van der Waals surface area contributed by atoms with Crippen molar-refractivity contribution in [3.05, 3.63) is 41.2 Å². The number of rotatable bonds is 5. The second-order valence-electron chi connectivity index (χ2n) is 3.77. The minimum atomic E-state index is -0.191. The second-order valence-corrected chi connectivity index (χ2v) is 4.21. The van der Waals surface area contributed by atoms with Crippen LogP contribution in [0, 0.1) is 0 Å². The van der Waals surface area contributed by atoms with E-state index in [-0.39, 0.29) is 6.04 Å². The molecule has 1 aromatic carbocycles. The first-order valence-electron chi connectivity index (χ1n) is 5.40. The molecular formula is C11H14ClN5O. The fourth-order valence-corrected chi connectivity index (χ4v) is 1.75. The Morgan fingerprint density at radius 2 is 2.39 bits per heavy atom. The lowest BCUT2D eigenvalue weighted by Gasteiger charge is -2.16.